The zero-order chi connectivity index (χ0) is 21.8. The normalized spacial score (nSPS) is 10.8. The van der Waals surface area contributed by atoms with Crippen molar-refractivity contribution in [3.05, 3.63) is 45.6 Å². The van der Waals surface area contributed by atoms with Gasteiger partial charge in [0.05, 0.1) is 23.2 Å². The summed E-state index contributed by atoms with van der Waals surface area (Å²) >= 11 is 3.34. The number of fused-ring (bicyclic) bond motifs is 1. The number of aryl methyl sites for hydroxylation is 3. The van der Waals surface area contributed by atoms with Crippen molar-refractivity contribution in [3.63, 3.8) is 0 Å². The first-order chi connectivity index (χ1) is 14.3. The molecule has 2 heterocycles. The van der Waals surface area contributed by atoms with E-state index in [-0.39, 0.29) is 12.2 Å². The molecule has 30 heavy (non-hydrogen) atoms. The zero-order valence-corrected chi connectivity index (χ0v) is 18.9. The van der Waals surface area contributed by atoms with Crippen molar-refractivity contribution in [3.8, 4) is 5.88 Å². The molecule has 1 aromatic carbocycles. The maximum Gasteiger partial charge on any atom is 0.340 e. The zero-order valence-electron chi connectivity index (χ0n) is 17.3. The summed E-state index contributed by atoms with van der Waals surface area (Å²) in [6.07, 6.45) is 0.709. The maximum atomic E-state index is 12.5. The topological polar surface area (TPSA) is 95.3 Å². The van der Waals surface area contributed by atoms with E-state index < -0.39 is 11.9 Å². The van der Waals surface area contributed by atoms with Gasteiger partial charge in [-0.2, -0.15) is 0 Å². The summed E-state index contributed by atoms with van der Waals surface area (Å²) in [6, 6.07) is 6.92. The summed E-state index contributed by atoms with van der Waals surface area (Å²) in [5.74, 6) is -0.577. The number of pyridine rings is 1. The average molecular weight is 475 g/mol. The van der Waals surface area contributed by atoms with Crippen molar-refractivity contribution >= 4 is 44.5 Å². The summed E-state index contributed by atoms with van der Waals surface area (Å²) in [6.45, 7) is 5.81. The Kier molecular flexibility index (Phi) is 6.71. The van der Waals surface area contributed by atoms with Gasteiger partial charge >= 0.3 is 5.97 Å². The van der Waals surface area contributed by atoms with Crippen LogP contribution in [0.2, 0.25) is 0 Å². The van der Waals surface area contributed by atoms with Gasteiger partial charge in [-0.15, -0.1) is 5.10 Å². The van der Waals surface area contributed by atoms with Gasteiger partial charge in [0.25, 0.3) is 5.91 Å². The minimum atomic E-state index is -0.498. The van der Waals surface area contributed by atoms with Gasteiger partial charge in [-0.05, 0) is 50.1 Å². The molecule has 0 spiro atoms. The molecule has 1 N–H and O–H groups in total. The third kappa shape index (κ3) is 4.79. The largest absolute Gasteiger partial charge is 0.466 e. The molecule has 158 valence electrons. The van der Waals surface area contributed by atoms with E-state index in [9.17, 15) is 9.59 Å². The molecule has 0 atom stereocenters. The van der Waals surface area contributed by atoms with Gasteiger partial charge in [0.2, 0.25) is 5.88 Å². The number of benzene rings is 1. The molecule has 0 saturated carbocycles. The summed E-state index contributed by atoms with van der Waals surface area (Å²) < 4.78 is 13.2. The number of ether oxygens (including phenoxy) is 2. The number of esters is 1. The molecule has 0 bridgehead atoms. The third-order valence-corrected chi connectivity index (χ3v) is 4.83. The van der Waals surface area contributed by atoms with E-state index in [0.717, 1.165) is 16.6 Å². The number of rotatable bonds is 7. The minimum absolute atomic E-state index is 0.265. The Labute approximate surface area is 182 Å². The Morgan fingerprint density at radius 3 is 2.73 bits per heavy atom. The highest BCUT2D eigenvalue weighted by atomic mass is 79.9. The molecule has 1 amide bonds. The molecule has 0 aliphatic heterocycles. The predicted octanol–water partition coefficient (Wildman–Crippen LogP) is 3.93. The van der Waals surface area contributed by atoms with Gasteiger partial charge in [-0.3, -0.25) is 4.79 Å². The molecule has 0 aliphatic carbocycles. The molecule has 8 nitrogen and oxygen atoms in total. The lowest BCUT2D eigenvalue weighted by atomic mass is 10.2. The first-order valence-electron chi connectivity index (χ1n) is 9.50. The van der Waals surface area contributed by atoms with Crippen molar-refractivity contribution < 1.29 is 19.1 Å². The van der Waals surface area contributed by atoms with E-state index >= 15 is 0 Å². The van der Waals surface area contributed by atoms with E-state index in [1.54, 1.807) is 29.9 Å². The fourth-order valence-electron chi connectivity index (χ4n) is 3.04. The van der Waals surface area contributed by atoms with Crippen LogP contribution in [0.25, 0.3) is 11.0 Å². The molecule has 0 aliphatic rings. The fourth-order valence-corrected chi connectivity index (χ4v) is 3.40. The number of hydrogen-bond donors (Lipinski definition) is 1. The van der Waals surface area contributed by atoms with Crippen LogP contribution in [0.3, 0.4) is 0 Å². The van der Waals surface area contributed by atoms with Crippen LogP contribution in [0.1, 0.15) is 35.0 Å². The van der Waals surface area contributed by atoms with Crippen molar-refractivity contribution in [1.82, 2.24) is 14.8 Å². The smallest absolute Gasteiger partial charge is 0.340 e. The van der Waals surface area contributed by atoms with Crippen LogP contribution in [0.15, 0.2) is 28.7 Å². The lowest BCUT2D eigenvalue weighted by Gasteiger charge is -2.11. The van der Waals surface area contributed by atoms with Crippen LogP contribution < -0.4 is 10.1 Å². The lowest BCUT2D eigenvalue weighted by molar-refractivity contribution is -0.118. The number of carbonyl (C=O) groups is 2. The number of amides is 1. The van der Waals surface area contributed by atoms with Gasteiger partial charge in [-0.1, -0.05) is 22.9 Å². The SMILES string of the molecule is CCCOC(=O)c1cc(Br)ccc1NC(=O)COc1nn(C)c2nc(C)cc(C)c12. The highest BCUT2D eigenvalue weighted by Gasteiger charge is 2.18. The van der Waals surface area contributed by atoms with Crippen LogP contribution in [0.5, 0.6) is 5.88 Å². The molecule has 0 saturated heterocycles. The molecule has 9 heteroatoms. The molecule has 3 aromatic rings. The van der Waals surface area contributed by atoms with Gasteiger partial charge < -0.3 is 14.8 Å². The minimum Gasteiger partial charge on any atom is -0.466 e. The third-order valence-electron chi connectivity index (χ3n) is 4.34. The summed E-state index contributed by atoms with van der Waals surface area (Å²) in [7, 11) is 1.77. The lowest BCUT2D eigenvalue weighted by Crippen LogP contribution is -2.22. The molecule has 0 radical (unpaired) electrons. The van der Waals surface area contributed by atoms with Crippen LogP contribution in [-0.2, 0) is 16.6 Å². The number of nitrogens with one attached hydrogen (secondary N) is 1. The number of nitrogens with zero attached hydrogens (tertiary/aromatic N) is 3. The van der Waals surface area contributed by atoms with E-state index in [4.69, 9.17) is 9.47 Å². The number of anilines is 1. The first-order valence-corrected chi connectivity index (χ1v) is 10.3. The average Bonchev–Trinajstić information content (AvgIpc) is 3.01. The van der Waals surface area contributed by atoms with E-state index in [1.165, 1.54) is 0 Å². The summed E-state index contributed by atoms with van der Waals surface area (Å²) in [5.41, 5.74) is 3.16. The monoisotopic (exact) mass is 474 g/mol. The van der Waals surface area contributed by atoms with Crippen LogP contribution >= 0.6 is 15.9 Å². The second kappa shape index (κ2) is 9.25. The van der Waals surface area contributed by atoms with Crippen molar-refractivity contribution in [2.45, 2.75) is 27.2 Å². The van der Waals surface area contributed by atoms with E-state index in [0.29, 0.717) is 34.7 Å². The Morgan fingerprint density at radius 2 is 2.00 bits per heavy atom. The molecule has 2 aromatic heterocycles. The van der Waals surface area contributed by atoms with Gasteiger partial charge in [-0.25, -0.2) is 14.5 Å². The van der Waals surface area contributed by atoms with Crippen LogP contribution in [0, 0.1) is 13.8 Å². The standard InChI is InChI=1S/C21H23BrN4O4/c1-5-8-29-21(28)15-10-14(22)6-7-16(15)24-17(27)11-30-20-18-12(2)9-13(3)23-19(18)26(4)25-20/h6-7,9-10H,5,8,11H2,1-4H3,(H,24,27). The molecule has 0 unspecified atom stereocenters. The van der Waals surface area contributed by atoms with E-state index in [1.807, 2.05) is 26.8 Å². The van der Waals surface area contributed by atoms with E-state index in [2.05, 4.69) is 31.3 Å². The summed E-state index contributed by atoms with van der Waals surface area (Å²) in [5, 5.41) is 7.81. The van der Waals surface area contributed by atoms with Gasteiger partial charge in [0, 0.05) is 17.2 Å². The summed E-state index contributed by atoms with van der Waals surface area (Å²) in [4.78, 5) is 29.3. The number of halogens is 1. The highest BCUT2D eigenvalue weighted by molar-refractivity contribution is 9.10. The quantitative estimate of drug-likeness (QED) is 0.521. The molecule has 3 rings (SSSR count). The van der Waals surface area contributed by atoms with Gasteiger partial charge in [0.1, 0.15) is 0 Å². The second-order valence-electron chi connectivity index (χ2n) is 6.87. The highest BCUT2D eigenvalue weighted by Crippen LogP contribution is 2.27. The first kappa shape index (κ1) is 21.8. The van der Waals surface area contributed by atoms with Crippen molar-refractivity contribution in [1.29, 1.82) is 0 Å². The molecular formula is C21H23BrN4O4. The van der Waals surface area contributed by atoms with Crippen molar-refractivity contribution in [2.24, 2.45) is 7.05 Å². The number of hydrogen-bond acceptors (Lipinski definition) is 6. The van der Waals surface area contributed by atoms with Gasteiger partial charge in [0.15, 0.2) is 12.3 Å². The predicted molar refractivity (Wildman–Crippen MR) is 117 cm³/mol. The molecule has 0 fully saturated rings. The maximum absolute atomic E-state index is 12.5. The Balaban J connectivity index is 1.75. The number of aromatic nitrogens is 3. The number of carbonyl (C=O) groups excluding carboxylic acids is 2. The van der Waals surface area contributed by atoms with Crippen molar-refractivity contribution in [2.75, 3.05) is 18.5 Å². The Hall–Kier alpha value is -2.94. The molecular weight excluding hydrogens is 452 g/mol. The Bertz CT molecular complexity index is 1110. The second-order valence-corrected chi connectivity index (χ2v) is 7.79. The van der Waals surface area contributed by atoms with Crippen LogP contribution in [-0.4, -0.2) is 39.9 Å². The fraction of sp³-hybridized carbons (Fsp3) is 0.333. The Morgan fingerprint density at radius 1 is 1.23 bits per heavy atom. The van der Waals surface area contributed by atoms with Crippen LogP contribution in [0.4, 0.5) is 5.69 Å².